The van der Waals surface area contributed by atoms with Gasteiger partial charge in [-0.05, 0) is 47.3 Å². The maximum atomic E-state index is 13.2. The molecule has 0 aliphatic rings. The van der Waals surface area contributed by atoms with E-state index in [-0.39, 0.29) is 22.8 Å². The Balaban J connectivity index is 1.93. The zero-order valence-corrected chi connectivity index (χ0v) is 16.0. The molecule has 2 aromatic carbocycles. The number of carbonyl (C=O) groups is 1. The molecule has 1 amide bonds. The van der Waals surface area contributed by atoms with Crippen LogP contribution in [0.15, 0.2) is 69.2 Å². The topological polar surface area (TPSA) is 59.3 Å². The maximum absolute atomic E-state index is 13.2. The molecule has 0 atom stereocenters. The number of carbonyl (C=O) groups excluding carboxylic acids is 1. The molecule has 27 heavy (non-hydrogen) atoms. The summed E-state index contributed by atoms with van der Waals surface area (Å²) in [6.45, 7) is 0. The summed E-state index contributed by atoms with van der Waals surface area (Å²) in [5.41, 5.74) is 0.869. The quantitative estimate of drug-likeness (QED) is 0.440. The molecule has 0 saturated heterocycles. The maximum Gasteiger partial charge on any atom is 0.268 e. The standard InChI is InChI=1S/C20H11Cl2NO3S/c21-12-5-3-11(4-6-12)17-18(24)14-10-13(22)7-8-15(14)26-20(17)23-19(25)16-2-1-9-27-16/h1-10H,(H,23,25). The Bertz CT molecular complexity index is 1200. The lowest BCUT2D eigenvalue weighted by Crippen LogP contribution is -2.15. The predicted molar refractivity (Wildman–Crippen MR) is 110 cm³/mol. The molecule has 0 spiro atoms. The highest BCUT2D eigenvalue weighted by Gasteiger charge is 2.19. The fourth-order valence-corrected chi connectivity index (χ4v) is 3.62. The number of anilines is 1. The van der Waals surface area contributed by atoms with Crippen LogP contribution in [-0.2, 0) is 0 Å². The van der Waals surface area contributed by atoms with Crippen molar-refractivity contribution in [1.29, 1.82) is 0 Å². The van der Waals surface area contributed by atoms with E-state index in [1.54, 1.807) is 60.0 Å². The molecule has 0 fully saturated rings. The summed E-state index contributed by atoms with van der Waals surface area (Å²) in [6.07, 6.45) is 0. The number of nitrogens with one attached hydrogen (secondary N) is 1. The van der Waals surface area contributed by atoms with Gasteiger partial charge in [0.25, 0.3) is 5.91 Å². The summed E-state index contributed by atoms with van der Waals surface area (Å²) in [4.78, 5) is 26.2. The molecule has 0 aliphatic carbocycles. The summed E-state index contributed by atoms with van der Waals surface area (Å²) in [6, 6.07) is 15.0. The molecule has 4 nitrogen and oxygen atoms in total. The smallest absolute Gasteiger partial charge is 0.268 e. The molecule has 0 aliphatic heterocycles. The second-order valence-electron chi connectivity index (χ2n) is 5.71. The number of hydrogen-bond acceptors (Lipinski definition) is 4. The van der Waals surface area contributed by atoms with Crippen molar-refractivity contribution >= 4 is 57.3 Å². The lowest BCUT2D eigenvalue weighted by atomic mass is 10.0. The first-order valence-electron chi connectivity index (χ1n) is 7.90. The summed E-state index contributed by atoms with van der Waals surface area (Å²) in [7, 11) is 0. The highest BCUT2D eigenvalue weighted by Crippen LogP contribution is 2.31. The van der Waals surface area contributed by atoms with Crippen molar-refractivity contribution in [3.8, 4) is 11.1 Å². The SMILES string of the molecule is O=C(Nc1oc2ccc(Cl)cc2c(=O)c1-c1ccc(Cl)cc1)c1cccs1. The van der Waals surface area contributed by atoms with Crippen LogP contribution in [0.1, 0.15) is 9.67 Å². The van der Waals surface area contributed by atoms with Gasteiger partial charge >= 0.3 is 0 Å². The zero-order valence-electron chi connectivity index (χ0n) is 13.7. The van der Waals surface area contributed by atoms with Gasteiger partial charge in [0.1, 0.15) is 5.58 Å². The van der Waals surface area contributed by atoms with Crippen molar-refractivity contribution < 1.29 is 9.21 Å². The van der Waals surface area contributed by atoms with Gasteiger partial charge in [0.05, 0.1) is 15.8 Å². The molecule has 134 valence electrons. The molecular weight excluding hydrogens is 405 g/mol. The molecule has 2 heterocycles. The van der Waals surface area contributed by atoms with E-state index in [9.17, 15) is 9.59 Å². The van der Waals surface area contributed by atoms with Gasteiger partial charge in [0.15, 0.2) is 0 Å². The number of fused-ring (bicyclic) bond motifs is 1. The first-order chi connectivity index (χ1) is 13.0. The van der Waals surface area contributed by atoms with E-state index in [4.69, 9.17) is 27.6 Å². The zero-order chi connectivity index (χ0) is 19.0. The van der Waals surface area contributed by atoms with E-state index >= 15 is 0 Å². The Morgan fingerprint density at radius 1 is 1.00 bits per heavy atom. The molecule has 4 aromatic rings. The number of rotatable bonds is 3. The molecule has 0 radical (unpaired) electrons. The van der Waals surface area contributed by atoms with E-state index in [1.165, 1.54) is 11.3 Å². The monoisotopic (exact) mass is 415 g/mol. The molecule has 0 bridgehead atoms. The number of halogens is 2. The number of thiophene rings is 1. The molecular formula is C20H11Cl2NO3S. The highest BCUT2D eigenvalue weighted by molar-refractivity contribution is 7.12. The fraction of sp³-hybridized carbons (Fsp3) is 0. The number of benzene rings is 2. The van der Waals surface area contributed by atoms with Crippen LogP contribution in [0.3, 0.4) is 0 Å². The van der Waals surface area contributed by atoms with E-state index in [2.05, 4.69) is 5.32 Å². The fourth-order valence-electron chi connectivity index (χ4n) is 2.71. The second kappa shape index (κ2) is 7.19. The molecule has 4 rings (SSSR count). The van der Waals surface area contributed by atoms with Gasteiger partial charge in [0, 0.05) is 10.0 Å². The predicted octanol–water partition coefficient (Wildman–Crippen LogP) is 6.08. The third kappa shape index (κ3) is 3.49. The van der Waals surface area contributed by atoms with Crippen molar-refractivity contribution in [2.24, 2.45) is 0 Å². The van der Waals surface area contributed by atoms with Gasteiger partial charge in [-0.15, -0.1) is 11.3 Å². The minimum absolute atomic E-state index is 0.0792. The van der Waals surface area contributed by atoms with Gasteiger partial charge in [-0.3, -0.25) is 14.9 Å². The van der Waals surface area contributed by atoms with Crippen molar-refractivity contribution in [2.75, 3.05) is 5.32 Å². The third-order valence-electron chi connectivity index (χ3n) is 3.96. The Hall–Kier alpha value is -2.60. The molecule has 7 heteroatoms. The Kier molecular flexibility index (Phi) is 4.74. The number of hydrogen-bond donors (Lipinski definition) is 1. The van der Waals surface area contributed by atoms with Crippen molar-refractivity contribution in [3.63, 3.8) is 0 Å². The van der Waals surface area contributed by atoms with Gasteiger partial charge in [-0.1, -0.05) is 41.4 Å². The van der Waals surface area contributed by atoms with Crippen LogP contribution in [0, 0.1) is 0 Å². The van der Waals surface area contributed by atoms with Crippen LogP contribution in [-0.4, -0.2) is 5.91 Å². The van der Waals surface area contributed by atoms with Crippen LogP contribution < -0.4 is 10.7 Å². The Labute approximate surface area is 168 Å². The minimum atomic E-state index is -0.350. The van der Waals surface area contributed by atoms with Gasteiger partial charge < -0.3 is 4.42 Å². The molecule has 0 saturated carbocycles. The minimum Gasteiger partial charge on any atom is -0.439 e. The van der Waals surface area contributed by atoms with Crippen molar-refractivity contribution in [1.82, 2.24) is 0 Å². The average molecular weight is 416 g/mol. The first-order valence-corrected chi connectivity index (χ1v) is 9.53. The van der Waals surface area contributed by atoms with Crippen molar-refractivity contribution in [3.05, 3.63) is 85.1 Å². The van der Waals surface area contributed by atoms with Crippen LogP contribution in [0.5, 0.6) is 0 Å². The first kappa shape index (κ1) is 17.8. The third-order valence-corrected chi connectivity index (χ3v) is 5.31. The largest absolute Gasteiger partial charge is 0.439 e. The van der Waals surface area contributed by atoms with E-state index < -0.39 is 0 Å². The average Bonchev–Trinajstić information content (AvgIpc) is 3.19. The number of amides is 1. The van der Waals surface area contributed by atoms with Gasteiger partial charge in [-0.2, -0.15) is 0 Å². The Morgan fingerprint density at radius 3 is 2.44 bits per heavy atom. The summed E-state index contributed by atoms with van der Waals surface area (Å²) >= 11 is 13.3. The van der Waals surface area contributed by atoms with E-state index in [0.717, 1.165) is 0 Å². The molecule has 2 aromatic heterocycles. The van der Waals surface area contributed by atoms with Crippen LogP contribution in [0.25, 0.3) is 22.1 Å². The van der Waals surface area contributed by atoms with Crippen LogP contribution in [0.4, 0.5) is 5.88 Å². The Morgan fingerprint density at radius 2 is 1.74 bits per heavy atom. The highest BCUT2D eigenvalue weighted by atomic mass is 35.5. The lowest BCUT2D eigenvalue weighted by Gasteiger charge is -2.11. The van der Waals surface area contributed by atoms with E-state index in [0.29, 0.717) is 31.5 Å². The second-order valence-corrected chi connectivity index (χ2v) is 7.53. The molecule has 1 N–H and O–H groups in total. The van der Waals surface area contributed by atoms with E-state index in [1.807, 2.05) is 0 Å². The van der Waals surface area contributed by atoms with Crippen LogP contribution in [0.2, 0.25) is 10.0 Å². The van der Waals surface area contributed by atoms with Gasteiger partial charge in [-0.25, -0.2) is 0 Å². The van der Waals surface area contributed by atoms with Crippen LogP contribution >= 0.6 is 34.5 Å². The summed E-state index contributed by atoms with van der Waals surface area (Å²) in [5, 5.41) is 5.81. The summed E-state index contributed by atoms with van der Waals surface area (Å²) in [5.74, 6) is -0.271. The molecule has 0 unspecified atom stereocenters. The normalized spacial score (nSPS) is 10.9. The summed E-state index contributed by atoms with van der Waals surface area (Å²) < 4.78 is 5.86. The van der Waals surface area contributed by atoms with Crippen molar-refractivity contribution in [2.45, 2.75) is 0 Å². The lowest BCUT2D eigenvalue weighted by molar-refractivity contribution is 0.102. The van der Waals surface area contributed by atoms with Gasteiger partial charge in [0.2, 0.25) is 11.3 Å².